The van der Waals surface area contributed by atoms with Crippen molar-refractivity contribution < 1.29 is 29.0 Å². The van der Waals surface area contributed by atoms with Gasteiger partial charge in [0.25, 0.3) is 0 Å². The number of carbonyl (C=O) groups is 3. The normalized spacial score (nSPS) is 31.5. The summed E-state index contributed by atoms with van der Waals surface area (Å²) < 4.78 is 9.78. The molecule has 1 amide bonds. The number of aliphatic hydroxyl groups is 1. The van der Waals surface area contributed by atoms with Gasteiger partial charge >= 0.3 is 11.9 Å². The minimum absolute atomic E-state index is 0.169. The third-order valence-electron chi connectivity index (χ3n) is 4.00. The second-order valence-electron chi connectivity index (χ2n) is 6.63. The van der Waals surface area contributed by atoms with Crippen molar-refractivity contribution in [2.75, 3.05) is 6.79 Å². The highest BCUT2D eigenvalue weighted by atomic mass is 16.7. The van der Waals surface area contributed by atoms with Crippen molar-refractivity contribution in [1.29, 1.82) is 0 Å². The fraction of sp³-hybridized carbons (Fsp3) is 0.786. The van der Waals surface area contributed by atoms with Crippen LogP contribution in [0.1, 0.15) is 34.1 Å². The van der Waals surface area contributed by atoms with E-state index in [0.717, 1.165) is 0 Å². The Morgan fingerprint density at radius 2 is 1.95 bits per heavy atom. The molecule has 2 fully saturated rings. The van der Waals surface area contributed by atoms with Crippen LogP contribution in [-0.2, 0) is 23.9 Å². The summed E-state index contributed by atoms with van der Waals surface area (Å²) in [4.78, 5) is 36.5. The van der Waals surface area contributed by atoms with Crippen molar-refractivity contribution in [2.45, 2.75) is 52.3 Å². The summed E-state index contributed by atoms with van der Waals surface area (Å²) >= 11 is 0. The average molecular weight is 299 g/mol. The minimum Gasteiger partial charge on any atom is -0.427 e. The lowest BCUT2D eigenvalue weighted by Crippen LogP contribution is -2.56. The molecule has 1 N–H and O–H groups in total. The van der Waals surface area contributed by atoms with Crippen LogP contribution in [0.15, 0.2) is 0 Å². The summed E-state index contributed by atoms with van der Waals surface area (Å²) in [5, 5.41) is 9.96. The number of hydrogen-bond acceptors (Lipinski definition) is 6. The summed E-state index contributed by atoms with van der Waals surface area (Å²) in [6.07, 6.45) is -0.466. The number of rotatable bonds is 3. The maximum atomic E-state index is 12.0. The van der Waals surface area contributed by atoms with Gasteiger partial charge in [0.15, 0.2) is 0 Å². The second-order valence-corrected chi connectivity index (χ2v) is 6.63. The first kappa shape index (κ1) is 15.8. The Morgan fingerprint density at radius 3 is 2.48 bits per heavy atom. The zero-order valence-corrected chi connectivity index (χ0v) is 12.7. The molecule has 2 aliphatic rings. The van der Waals surface area contributed by atoms with Crippen LogP contribution in [0.25, 0.3) is 0 Å². The molecule has 21 heavy (non-hydrogen) atoms. The number of β-lactam (4-membered cyclic amide) rings is 1. The molecule has 7 nitrogen and oxygen atoms in total. The Balaban J connectivity index is 1.89. The molecule has 2 heterocycles. The van der Waals surface area contributed by atoms with E-state index in [1.165, 1.54) is 4.90 Å². The second kappa shape index (κ2) is 5.29. The molecule has 0 aromatic carbocycles. The standard InChI is InChI=1S/C14H21NO6/c1-7-10(15-8(11(7)17)5-9(15)16)12(18)20-6-21-13(19)14(2,3)4/h7-8,10-11,17H,5-6H2,1-4H3/t7?,8-,10?,11?/m0/s1. The van der Waals surface area contributed by atoms with Gasteiger partial charge in [-0.15, -0.1) is 0 Å². The van der Waals surface area contributed by atoms with E-state index in [-0.39, 0.29) is 18.4 Å². The number of amides is 1. The lowest BCUT2D eigenvalue weighted by molar-refractivity contribution is -0.179. The van der Waals surface area contributed by atoms with Gasteiger partial charge in [-0.25, -0.2) is 4.79 Å². The van der Waals surface area contributed by atoms with Gasteiger partial charge in [0.2, 0.25) is 12.7 Å². The van der Waals surface area contributed by atoms with Crippen molar-refractivity contribution in [3.63, 3.8) is 0 Å². The third-order valence-corrected chi connectivity index (χ3v) is 4.00. The van der Waals surface area contributed by atoms with Gasteiger partial charge in [-0.2, -0.15) is 0 Å². The molecule has 2 rings (SSSR count). The third kappa shape index (κ3) is 2.74. The lowest BCUT2D eigenvalue weighted by atomic mass is 9.96. The average Bonchev–Trinajstić information content (AvgIpc) is 2.57. The molecule has 0 bridgehead atoms. The van der Waals surface area contributed by atoms with E-state index in [2.05, 4.69) is 0 Å². The molecule has 0 aromatic rings. The number of ether oxygens (including phenoxy) is 2. The largest absolute Gasteiger partial charge is 0.427 e. The highest BCUT2D eigenvalue weighted by molar-refractivity contribution is 5.91. The van der Waals surface area contributed by atoms with Crippen LogP contribution in [0.5, 0.6) is 0 Å². The summed E-state index contributed by atoms with van der Waals surface area (Å²) in [6.45, 7) is 6.28. The van der Waals surface area contributed by atoms with Crippen LogP contribution in [0.4, 0.5) is 0 Å². The van der Waals surface area contributed by atoms with Crippen LogP contribution >= 0.6 is 0 Å². The minimum atomic E-state index is -0.806. The molecule has 118 valence electrons. The van der Waals surface area contributed by atoms with Crippen molar-refractivity contribution >= 4 is 17.8 Å². The molecule has 7 heteroatoms. The molecule has 0 radical (unpaired) electrons. The van der Waals surface area contributed by atoms with Crippen molar-refractivity contribution in [2.24, 2.45) is 11.3 Å². The molecule has 0 saturated carbocycles. The molecule has 2 saturated heterocycles. The van der Waals surface area contributed by atoms with E-state index < -0.39 is 42.2 Å². The van der Waals surface area contributed by atoms with E-state index in [9.17, 15) is 19.5 Å². The SMILES string of the molecule is CC1C(O)[C@@H]2CC(=O)N2C1C(=O)OCOC(=O)C(C)(C)C. The molecule has 3 unspecified atom stereocenters. The highest BCUT2D eigenvalue weighted by Gasteiger charge is 2.58. The number of aliphatic hydroxyl groups excluding tert-OH is 1. The first-order valence-corrected chi connectivity index (χ1v) is 6.97. The number of fused-ring (bicyclic) bond motifs is 1. The Morgan fingerprint density at radius 1 is 1.33 bits per heavy atom. The number of nitrogens with zero attached hydrogens (tertiary/aromatic N) is 1. The Bertz CT molecular complexity index is 469. The summed E-state index contributed by atoms with van der Waals surface area (Å²) in [7, 11) is 0. The van der Waals surface area contributed by atoms with Gasteiger partial charge in [0.1, 0.15) is 6.04 Å². The number of esters is 2. The van der Waals surface area contributed by atoms with Crippen LogP contribution < -0.4 is 0 Å². The predicted molar refractivity (Wildman–Crippen MR) is 70.7 cm³/mol. The van der Waals surface area contributed by atoms with Crippen molar-refractivity contribution in [3.05, 3.63) is 0 Å². The summed E-state index contributed by atoms with van der Waals surface area (Å²) in [5.41, 5.74) is -0.679. The van der Waals surface area contributed by atoms with Gasteiger partial charge < -0.3 is 19.5 Å². The zero-order valence-electron chi connectivity index (χ0n) is 12.7. The topological polar surface area (TPSA) is 93.1 Å². The van der Waals surface area contributed by atoms with Gasteiger partial charge in [-0.05, 0) is 20.8 Å². The predicted octanol–water partition coefficient (Wildman–Crippen LogP) is 0.0565. The zero-order chi connectivity index (χ0) is 15.9. The molecular formula is C14H21NO6. The van der Waals surface area contributed by atoms with Gasteiger partial charge in [0, 0.05) is 12.3 Å². The number of hydrogen-bond donors (Lipinski definition) is 1. The fourth-order valence-corrected chi connectivity index (χ4v) is 2.66. The van der Waals surface area contributed by atoms with E-state index in [4.69, 9.17) is 9.47 Å². The molecular weight excluding hydrogens is 278 g/mol. The van der Waals surface area contributed by atoms with Gasteiger partial charge in [-0.1, -0.05) is 6.92 Å². The van der Waals surface area contributed by atoms with Gasteiger partial charge in [-0.3, -0.25) is 9.59 Å². The smallest absolute Gasteiger partial charge is 0.332 e. The van der Waals surface area contributed by atoms with Crippen LogP contribution in [-0.4, -0.2) is 52.8 Å². The Hall–Kier alpha value is -1.63. The highest BCUT2D eigenvalue weighted by Crippen LogP contribution is 2.39. The van der Waals surface area contributed by atoms with Crippen LogP contribution in [0, 0.1) is 11.3 Å². The van der Waals surface area contributed by atoms with Crippen LogP contribution in [0.3, 0.4) is 0 Å². The van der Waals surface area contributed by atoms with Gasteiger partial charge in [0.05, 0.1) is 17.6 Å². The Labute approximate surface area is 123 Å². The summed E-state index contributed by atoms with van der Waals surface area (Å²) in [6, 6.07) is -1.11. The summed E-state index contributed by atoms with van der Waals surface area (Å²) in [5.74, 6) is -1.70. The first-order valence-electron chi connectivity index (χ1n) is 6.97. The molecule has 4 atom stereocenters. The molecule has 2 aliphatic heterocycles. The van der Waals surface area contributed by atoms with E-state index >= 15 is 0 Å². The van der Waals surface area contributed by atoms with E-state index in [0.29, 0.717) is 0 Å². The van der Waals surface area contributed by atoms with E-state index in [1.807, 2.05) is 0 Å². The molecule has 0 aromatic heterocycles. The molecule has 0 spiro atoms. The van der Waals surface area contributed by atoms with E-state index in [1.54, 1.807) is 27.7 Å². The maximum Gasteiger partial charge on any atom is 0.332 e. The van der Waals surface area contributed by atoms with Crippen molar-refractivity contribution in [1.82, 2.24) is 4.90 Å². The Kier molecular flexibility index (Phi) is 3.97. The lowest BCUT2D eigenvalue weighted by Gasteiger charge is -2.38. The molecule has 0 aliphatic carbocycles. The quantitative estimate of drug-likeness (QED) is 0.450. The van der Waals surface area contributed by atoms with Crippen LogP contribution in [0.2, 0.25) is 0 Å². The van der Waals surface area contributed by atoms with Crippen molar-refractivity contribution in [3.8, 4) is 0 Å². The number of carbonyl (C=O) groups excluding carboxylic acids is 3. The fourth-order valence-electron chi connectivity index (χ4n) is 2.66. The maximum absolute atomic E-state index is 12.0. The monoisotopic (exact) mass is 299 g/mol. The first-order chi connectivity index (χ1) is 9.64.